The summed E-state index contributed by atoms with van der Waals surface area (Å²) in [6, 6.07) is 6.07. The molecule has 0 aliphatic heterocycles. The van der Waals surface area contributed by atoms with E-state index < -0.39 is 6.36 Å². The second kappa shape index (κ2) is 7.33. The van der Waals surface area contributed by atoms with Crippen molar-refractivity contribution in [1.82, 2.24) is 15.1 Å². The highest BCUT2D eigenvalue weighted by Crippen LogP contribution is 2.26. The standard InChI is InChI=1S/C13H14F3N3O.ClH/c1-19-9-10(7-18-19)6-17-8-11-4-2-3-5-12(11)20-13(14,15)16;/h2-5,7,9,17H,6,8H2,1H3;1H. The number of hydrogen-bond donors (Lipinski definition) is 1. The number of hydrogen-bond acceptors (Lipinski definition) is 3. The van der Waals surface area contributed by atoms with Crippen LogP contribution in [0.4, 0.5) is 13.2 Å². The summed E-state index contributed by atoms with van der Waals surface area (Å²) in [6.45, 7) is 0.801. The topological polar surface area (TPSA) is 39.1 Å². The SMILES string of the molecule is Cl.Cn1cc(CNCc2ccccc2OC(F)(F)F)cn1. The summed E-state index contributed by atoms with van der Waals surface area (Å²) >= 11 is 0. The van der Waals surface area contributed by atoms with E-state index in [4.69, 9.17) is 0 Å². The Labute approximate surface area is 126 Å². The number of aryl methyl sites for hydroxylation is 1. The third-order valence-electron chi connectivity index (χ3n) is 2.60. The van der Waals surface area contributed by atoms with E-state index in [9.17, 15) is 13.2 Å². The lowest BCUT2D eigenvalue weighted by atomic mass is 10.2. The Morgan fingerprint density at radius 3 is 2.57 bits per heavy atom. The van der Waals surface area contributed by atoms with Gasteiger partial charge >= 0.3 is 6.36 Å². The average Bonchev–Trinajstić information content (AvgIpc) is 2.75. The van der Waals surface area contributed by atoms with E-state index in [0.717, 1.165) is 5.56 Å². The van der Waals surface area contributed by atoms with E-state index in [-0.39, 0.29) is 24.7 Å². The second-order valence-electron chi connectivity index (χ2n) is 4.28. The van der Waals surface area contributed by atoms with Crippen LogP contribution in [0.2, 0.25) is 0 Å². The van der Waals surface area contributed by atoms with Gasteiger partial charge in [0.25, 0.3) is 0 Å². The van der Waals surface area contributed by atoms with E-state index in [2.05, 4.69) is 15.2 Å². The molecule has 0 fully saturated rings. The van der Waals surface area contributed by atoms with Gasteiger partial charge in [-0.2, -0.15) is 5.10 Å². The van der Waals surface area contributed by atoms with E-state index in [1.54, 1.807) is 30.1 Å². The van der Waals surface area contributed by atoms with Gasteiger partial charge < -0.3 is 10.1 Å². The molecule has 21 heavy (non-hydrogen) atoms. The number of para-hydroxylation sites is 1. The Hall–Kier alpha value is -1.73. The molecule has 0 saturated heterocycles. The molecule has 2 aromatic rings. The second-order valence-corrected chi connectivity index (χ2v) is 4.28. The lowest BCUT2D eigenvalue weighted by molar-refractivity contribution is -0.274. The van der Waals surface area contributed by atoms with Crippen molar-refractivity contribution in [3.05, 3.63) is 47.8 Å². The molecule has 1 aromatic heterocycles. The highest BCUT2D eigenvalue weighted by Gasteiger charge is 2.31. The average molecular weight is 322 g/mol. The minimum absolute atomic E-state index is 0. The first-order valence-corrected chi connectivity index (χ1v) is 5.96. The minimum atomic E-state index is -4.68. The quantitative estimate of drug-likeness (QED) is 0.920. The number of alkyl halides is 3. The molecular weight excluding hydrogens is 307 g/mol. The van der Waals surface area contributed by atoms with Crippen molar-refractivity contribution in [3.63, 3.8) is 0 Å². The van der Waals surface area contributed by atoms with Crippen molar-refractivity contribution in [1.29, 1.82) is 0 Å². The summed E-state index contributed by atoms with van der Waals surface area (Å²) in [6.07, 6.45) is -1.14. The Balaban J connectivity index is 0.00000220. The number of ether oxygens (including phenoxy) is 1. The van der Waals surface area contributed by atoms with Crippen LogP contribution < -0.4 is 10.1 Å². The monoisotopic (exact) mass is 321 g/mol. The highest BCUT2D eigenvalue weighted by atomic mass is 35.5. The van der Waals surface area contributed by atoms with Crippen molar-refractivity contribution >= 4 is 12.4 Å². The predicted octanol–water partition coefficient (Wildman–Crippen LogP) is 3.03. The molecule has 1 aromatic carbocycles. The fourth-order valence-corrected chi connectivity index (χ4v) is 1.78. The minimum Gasteiger partial charge on any atom is -0.405 e. The van der Waals surface area contributed by atoms with Gasteiger partial charge in [-0.1, -0.05) is 18.2 Å². The van der Waals surface area contributed by atoms with Gasteiger partial charge in [0, 0.05) is 37.5 Å². The van der Waals surface area contributed by atoms with Crippen LogP contribution in [-0.4, -0.2) is 16.1 Å². The molecule has 0 atom stereocenters. The molecule has 4 nitrogen and oxygen atoms in total. The Bertz CT molecular complexity index is 572. The third kappa shape index (κ3) is 5.65. The van der Waals surface area contributed by atoms with Crippen molar-refractivity contribution < 1.29 is 17.9 Å². The molecule has 1 heterocycles. The Morgan fingerprint density at radius 2 is 1.95 bits per heavy atom. The van der Waals surface area contributed by atoms with Gasteiger partial charge in [0.05, 0.1) is 6.20 Å². The van der Waals surface area contributed by atoms with Crippen LogP contribution in [0.25, 0.3) is 0 Å². The maximum atomic E-state index is 12.3. The number of nitrogens with zero attached hydrogens (tertiary/aromatic N) is 2. The molecule has 1 N–H and O–H groups in total. The summed E-state index contributed by atoms with van der Waals surface area (Å²) in [5.41, 5.74) is 1.41. The lowest BCUT2D eigenvalue weighted by Crippen LogP contribution is -2.20. The zero-order chi connectivity index (χ0) is 14.6. The molecule has 0 saturated carbocycles. The first-order chi connectivity index (χ1) is 9.44. The van der Waals surface area contributed by atoms with Crippen LogP contribution in [0.5, 0.6) is 5.75 Å². The lowest BCUT2D eigenvalue weighted by Gasteiger charge is -2.13. The van der Waals surface area contributed by atoms with E-state index in [1.807, 2.05) is 6.20 Å². The van der Waals surface area contributed by atoms with Gasteiger partial charge in [-0.05, 0) is 6.07 Å². The van der Waals surface area contributed by atoms with Gasteiger partial charge in [-0.3, -0.25) is 4.68 Å². The molecule has 0 amide bonds. The van der Waals surface area contributed by atoms with Crippen molar-refractivity contribution in [3.8, 4) is 5.75 Å². The highest BCUT2D eigenvalue weighted by molar-refractivity contribution is 5.85. The molecule has 116 valence electrons. The van der Waals surface area contributed by atoms with Crippen LogP contribution in [0.15, 0.2) is 36.7 Å². The molecule has 0 spiro atoms. The van der Waals surface area contributed by atoms with Crippen LogP contribution in [0.3, 0.4) is 0 Å². The Kier molecular flexibility index (Phi) is 6.04. The summed E-state index contributed by atoms with van der Waals surface area (Å²) in [4.78, 5) is 0. The zero-order valence-corrected chi connectivity index (χ0v) is 12.0. The number of halogens is 4. The Morgan fingerprint density at radius 1 is 1.24 bits per heavy atom. The first-order valence-electron chi connectivity index (χ1n) is 5.96. The van der Waals surface area contributed by atoms with Crippen molar-refractivity contribution in [2.75, 3.05) is 0 Å². The van der Waals surface area contributed by atoms with Gasteiger partial charge in [0.15, 0.2) is 0 Å². The number of nitrogens with one attached hydrogen (secondary N) is 1. The molecule has 8 heteroatoms. The molecule has 0 aliphatic carbocycles. The van der Waals surface area contributed by atoms with Gasteiger partial charge in [-0.15, -0.1) is 25.6 Å². The summed E-state index contributed by atoms with van der Waals surface area (Å²) in [5.74, 6) is -0.182. The van der Waals surface area contributed by atoms with Crippen LogP contribution in [-0.2, 0) is 20.1 Å². The van der Waals surface area contributed by atoms with Crippen molar-refractivity contribution in [2.24, 2.45) is 7.05 Å². The van der Waals surface area contributed by atoms with Crippen LogP contribution >= 0.6 is 12.4 Å². The molecular formula is C13H15ClF3N3O. The normalized spacial score (nSPS) is 11.0. The van der Waals surface area contributed by atoms with E-state index in [0.29, 0.717) is 12.1 Å². The zero-order valence-electron chi connectivity index (χ0n) is 11.2. The fraction of sp³-hybridized carbons (Fsp3) is 0.308. The third-order valence-corrected chi connectivity index (χ3v) is 2.60. The first kappa shape index (κ1) is 17.3. The van der Waals surface area contributed by atoms with Crippen LogP contribution in [0.1, 0.15) is 11.1 Å². The fourth-order valence-electron chi connectivity index (χ4n) is 1.78. The smallest absolute Gasteiger partial charge is 0.405 e. The van der Waals surface area contributed by atoms with Crippen LogP contribution in [0, 0.1) is 0 Å². The van der Waals surface area contributed by atoms with E-state index in [1.165, 1.54) is 12.1 Å². The maximum absolute atomic E-state index is 12.3. The molecule has 0 aliphatic rings. The van der Waals surface area contributed by atoms with Crippen molar-refractivity contribution in [2.45, 2.75) is 19.5 Å². The predicted molar refractivity (Wildman–Crippen MR) is 74.1 cm³/mol. The van der Waals surface area contributed by atoms with Gasteiger partial charge in [-0.25, -0.2) is 0 Å². The van der Waals surface area contributed by atoms with Gasteiger partial charge in [0.1, 0.15) is 5.75 Å². The number of benzene rings is 1. The summed E-state index contributed by atoms with van der Waals surface area (Å²) in [7, 11) is 1.80. The number of rotatable bonds is 5. The summed E-state index contributed by atoms with van der Waals surface area (Å²) < 4.78 is 42.4. The largest absolute Gasteiger partial charge is 0.573 e. The van der Waals surface area contributed by atoms with Gasteiger partial charge in [0.2, 0.25) is 0 Å². The number of aromatic nitrogens is 2. The molecule has 0 radical (unpaired) electrons. The molecule has 0 bridgehead atoms. The summed E-state index contributed by atoms with van der Waals surface area (Å²) in [5, 5.41) is 7.07. The van der Waals surface area contributed by atoms with E-state index >= 15 is 0 Å². The molecule has 0 unspecified atom stereocenters. The molecule has 2 rings (SSSR count). The maximum Gasteiger partial charge on any atom is 0.573 e.